The molecule has 0 aromatic carbocycles. The van der Waals surface area contributed by atoms with Crippen LogP contribution in [0.3, 0.4) is 0 Å². The first-order valence-electron chi connectivity index (χ1n) is 11.2. The molecule has 156 valence electrons. The first kappa shape index (κ1) is 19.7. The van der Waals surface area contributed by atoms with Gasteiger partial charge in [-0.15, -0.1) is 0 Å². The van der Waals surface area contributed by atoms with Gasteiger partial charge in [0.05, 0.1) is 13.0 Å². The van der Waals surface area contributed by atoms with Crippen molar-refractivity contribution in [2.45, 2.75) is 77.2 Å². The van der Waals surface area contributed by atoms with E-state index in [1.807, 2.05) is 4.90 Å². The molecule has 4 bridgehead atoms. The van der Waals surface area contributed by atoms with Crippen LogP contribution in [0.5, 0.6) is 0 Å². The van der Waals surface area contributed by atoms with E-state index in [-0.39, 0.29) is 36.2 Å². The molecule has 2 amide bonds. The third-order valence-electron chi connectivity index (χ3n) is 7.55. The molecule has 5 fully saturated rings. The Balaban J connectivity index is 1.23. The third kappa shape index (κ3) is 4.06. The summed E-state index contributed by atoms with van der Waals surface area (Å²) in [7, 11) is 0. The Kier molecular flexibility index (Phi) is 5.66. The van der Waals surface area contributed by atoms with Crippen molar-refractivity contribution in [1.29, 1.82) is 0 Å². The van der Waals surface area contributed by atoms with Gasteiger partial charge in [-0.25, -0.2) is 0 Å². The summed E-state index contributed by atoms with van der Waals surface area (Å²) in [5.74, 6) is 2.31. The maximum atomic E-state index is 13.2. The number of ether oxygens (including phenoxy) is 1. The molecule has 5 rings (SSSR count). The van der Waals surface area contributed by atoms with Crippen molar-refractivity contribution >= 4 is 17.8 Å². The number of nitrogens with one attached hydrogen (secondary N) is 1. The van der Waals surface area contributed by atoms with Gasteiger partial charge in [0.2, 0.25) is 11.8 Å². The highest BCUT2D eigenvalue weighted by Crippen LogP contribution is 2.60. The van der Waals surface area contributed by atoms with Crippen LogP contribution in [0.15, 0.2) is 0 Å². The van der Waals surface area contributed by atoms with Crippen molar-refractivity contribution < 1.29 is 19.1 Å². The normalized spacial score (nSPS) is 34.3. The van der Waals surface area contributed by atoms with Gasteiger partial charge in [-0.1, -0.05) is 0 Å². The molecule has 0 spiro atoms. The number of hydrogen-bond acceptors (Lipinski definition) is 4. The summed E-state index contributed by atoms with van der Waals surface area (Å²) in [4.78, 5) is 38.7. The van der Waals surface area contributed by atoms with Gasteiger partial charge >= 0.3 is 5.97 Å². The lowest BCUT2D eigenvalue weighted by Crippen LogP contribution is -2.56. The van der Waals surface area contributed by atoms with E-state index in [0.717, 1.165) is 49.9 Å². The number of hydrogen-bond donors (Lipinski definition) is 1. The molecule has 1 N–H and O–H groups in total. The van der Waals surface area contributed by atoms with Crippen LogP contribution in [-0.2, 0) is 19.1 Å². The molecule has 6 nitrogen and oxygen atoms in total. The average molecular weight is 391 g/mol. The number of rotatable bonds is 6. The molecule has 0 aromatic heterocycles. The van der Waals surface area contributed by atoms with Gasteiger partial charge in [0, 0.05) is 31.0 Å². The van der Waals surface area contributed by atoms with E-state index in [1.165, 1.54) is 19.3 Å². The quantitative estimate of drug-likeness (QED) is 0.708. The fraction of sp³-hybridized carbons (Fsp3) is 0.864. The minimum Gasteiger partial charge on any atom is -0.466 e. The monoisotopic (exact) mass is 390 g/mol. The lowest BCUT2D eigenvalue weighted by molar-refractivity contribution is -0.148. The summed E-state index contributed by atoms with van der Waals surface area (Å²) < 4.78 is 4.88. The van der Waals surface area contributed by atoms with E-state index in [9.17, 15) is 14.4 Å². The summed E-state index contributed by atoms with van der Waals surface area (Å²) >= 11 is 0. The first-order chi connectivity index (χ1) is 13.5. The van der Waals surface area contributed by atoms with Gasteiger partial charge in [0.15, 0.2) is 0 Å². The molecule has 0 radical (unpaired) electrons. The van der Waals surface area contributed by atoms with E-state index in [0.29, 0.717) is 25.6 Å². The lowest BCUT2D eigenvalue weighted by Gasteiger charge is -2.56. The Morgan fingerprint density at radius 2 is 1.54 bits per heavy atom. The predicted molar refractivity (Wildman–Crippen MR) is 104 cm³/mol. The minimum atomic E-state index is -0.312. The predicted octanol–water partition coefficient (Wildman–Crippen LogP) is 2.65. The highest BCUT2D eigenvalue weighted by molar-refractivity contribution is 5.84. The van der Waals surface area contributed by atoms with Crippen molar-refractivity contribution in [3.05, 3.63) is 0 Å². The number of likely N-dealkylation sites (tertiary alicyclic amines) is 1. The van der Waals surface area contributed by atoms with Gasteiger partial charge in [0.25, 0.3) is 0 Å². The highest BCUT2D eigenvalue weighted by Gasteiger charge is 2.54. The maximum Gasteiger partial charge on any atom is 0.306 e. The summed E-state index contributed by atoms with van der Waals surface area (Å²) in [6.07, 6.45) is 9.30. The first-order valence-corrected chi connectivity index (χ1v) is 11.2. The molecule has 28 heavy (non-hydrogen) atoms. The topological polar surface area (TPSA) is 75.7 Å². The minimum absolute atomic E-state index is 0.0129. The van der Waals surface area contributed by atoms with E-state index in [2.05, 4.69) is 5.32 Å². The number of carbonyl (C=O) groups excluding carboxylic acids is 3. The van der Waals surface area contributed by atoms with Crippen LogP contribution in [-0.4, -0.2) is 48.4 Å². The molecule has 4 aliphatic carbocycles. The van der Waals surface area contributed by atoms with Crippen LogP contribution in [0.4, 0.5) is 0 Å². The molecule has 1 saturated heterocycles. The van der Waals surface area contributed by atoms with E-state index in [4.69, 9.17) is 4.74 Å². The molecule has 0 unspecified atom stereocenters. The molecular formula is C22H34N2O4. The summed E-state index contributed by atoms with van der Waals surface area (Å²) in [6.45, 7) is 3.44. The summed E-state index contributed by atoms with van der Waals surface area (Å²) in [6, 6.07) is 0.176. The third-order valence-corrected chi connectivity index (χ3v) is 7.55. The number of amides is 2. The number of esters is 1. The SMILES string of the molecule is CCOC(=O)CCC(=O)N1CCC(NC(=O)C23CC4CC(CC(C4)C2)C3)CC1. The van der Waals surface area contributed by atoms with Crippen molar-refractivity contribution in [1.82, 2.24) is 10.2 Å². The zero-order valence-electron chi connectivity index (χ0n) is 17.1. The zero-order valence-corrected chi connectivity index (χ0v) is 17.1. The molecular weight excluding hydrogens is 356 g/mol. The number of carbonyl (C=O) groups is 3. The van der Waals surface area contributed by atoms with E-state index >= 15 is 0 Å². The second-order valence-corrected chi connectivity index (χ2v) is 9.63. The van der Waals surface area contributed by atoms with Crippen molar-refractivity contribution in [2.75, 3.05) is 19.7 Å². The van der Waals surface area contributed by atoms with Crippen LogP contribution in [0.25, 0.3) is 0 Å². The Labute approximate surface area is 167 Å². The van der Waals surface area contributed by atoms with Crippen LogP contribution >= 0.6 is 0 Å². The fourth-order valence-electron chi connectivity index (χ4n) is 6.60. The Bertz CT molecular complexity index is 589. The molecule has 0 aromatic rings. The molecule has 0 atom stereocenters. The maximum absolute atomic E-state index is 13.2. The molecule has 4 saturated carbocycles. The Morgan fingerprint density at radius 1 is 0.964 bits per heavy atom. The number of nitrogens with zero attached hydrogens (tertiary/aromatic N) is 1. The molecule has 5 aliphatic rings. The Morgan fingerprint density at radius 3 is 2.07 bits per heavy atom. The highest BCUT2D eigenvalue weighted by atomic mass is 16.5. The molecule has 1 aliphatic heterocycles. The Hall–Kier alpha value is -1.59. The second kappa shape index (κ2) is 8.03. The lowest BCUT2D eigenvalue weighted by atomic mass is 9.49. The van der Waals surface area contributed by atoms with Crippen molar-refractivity contribution in [3.8, 4) is 0 Å². The molecule has 6 heteroatoms. The van der Waals surface area contributed by atoms with Crippen LogP contribution < -0.4 is 5.32 Å². The van der Waals surface area contributed by atoms with E-state index in [1.54, 1.807) is 6.92 Å². The van der Waals surface area contributed by atoms with Crippen LogP contribution in [0.2, 0.25) is 0 Å². The smallest absolute Gasteiger partial charge is 0.306 e. The van der Waals surface area contributed by atoms with Crippen molar-refractivity contribution in [2.24, 2.45) is 23.2 Å². The average Bonchev–Trinajstić information content (AvgIpc) is 2.66. The van der Waals surface area contributed by atoms with E-state index < -0.39 is 0 Å². The molecule has 1 heterocycles. The van der Waals surface area contributed by atoms with Crippen LogP contribution in [0.1, 0.15) is 71.1 Å². The van der Waals surface area contributed by atoms with Crippen molar-refractivity contribution in [3.63, 3.8) is 0 Å². The van der Waals surface area contributed by atoms with Gasteiger partial charge < -0.3 is 15.0 Å². The standard InChI is InChI=1S/C22H34N2O4/c1-2-28-20(26)4-3-19(25)24-7-5-18(6-8-24)23-21(27)22-12-15-9-16(13-22)11-17(10-15)14-22/h15-18H,2-14H2,1H3,(H,23,27). The largest absolute Gasteiger partial charge is 0.466 e. The fourth-order valence-corrected chi connectivity index (χ4v) is 6.60. The van der Waals surface area contributed by atoms with Crippen LogP contribution in [0, 0.1) is 23.2 Å². The van der Waals surface area contributed by atoms with Gasteiger partial charge in [-0.2, -0.15) is 0 Å². The van der Waals surface area contributed by atoms with Gasteiger partial charge in [0.1, 0.15) is 0 Å². The number of piperidine rings is 1. The van der Waals surface area contributed by atoms with Gasteiger partial charge in [-0.3, -0.25) is 14.4 Å². The summed E-state index contributed by atoms with van der Waals surface area (Å²) in [5, 5.41) is 3.35. The summed E-state index contributed by atoms with van der Waals surface area (Å²) in [5.41, 5.74) is -0.0959. The van der Waals surface area contributed by atoms with Gasteiger partial charge in [-0.05, 0) is 76.0 Å². The second-order valence-electron chi connectivity index (χ2n) is 9.63. The zero-order chi connectivity index (χ0) is 19.7.